The normalized spacial score (nSPS) is 12.3. The lowest BCUT2D eigenvalue weighted by molar-refractivity contribution is 0.945. The first-order chi connectivity index (χ1) is 44.3. The summed E-state index contributed by atoms with van der Waals surface area (Å²) in [4.78, 5) is 16.2. The maximum absolute atomic E-state index is 5.44. The number of nitrogens with zero attached hydrogens (tertiary/aromatic N) is 10. The number of para-hydroxylation sites is 12. The first kappa shape index (κ1) is 48.0. The van der Waals surface area contributed by atoms with E-state index < -0.39 is 0 Å². The Bertz CT molecular complexity index is 6220. The SMILES string of the molecule is c1ccc(-n2c3cccnc3c3c2ccc2c4ccccc4n(-c4c(-n5c6ccccc6c6ccccc65)c(-n5cnc6ccccc65)c(-n5cnc6ccccc65)c(-n5c6ccccc6c6ccccc65)c4-n4c5ccccc5c5ccccc54)c23)cc1. The fourth-order valence-electron chi connectivity index (χ4n) is 15.2. The number of imidazole rings is 2. The van der Waals surface area contributed by atoms with Gasteiger partial charge in [0.15, 0.2) is 0 Å². The molecule has 20 rings (SSSR count). The highest BCUT2D eigenvalue weighted by molar-refractivity contribution is 6.26. The predicted molar refractivity (Wildman–Crippen MR) is 365 cm³/mol. The van der Waals surface area contributed by atoms with Crippen molar-refractivity contribution in [1.29, 1.82) is 0 Å². The number of benzene rings is 12. The molecule has 8 aromatic heterocycles. The highest BCUT2D eigenvalue weighted by atomic mass is 15.2. The second kappa shape index (κ2) is 18.1. The molecule has 0 aliphatic carbocycles. The van der Waals surface area contributed by atoms with Gasteiger partial charge < -0.3 is 22.8 Å². The van der Waals surface area contributed by atoms with E-state index in [1.807, 2.05) is 18.9 Å². The molecular weight excluding hydrogens is 1090 g/mol. The predicted octanol–water partition coefficient (Wildman–Crippen LogP) is 19.2. The molecule has 10 heteroatoms. The lowest BCUT2D eigenvalue weighted by Crippen LogP contribution is -2.20. The van der Waals surface area contributed by atoms with Crippen molar-refractivity contribution in [2.45, 2.75) is 0 Å². The van der Waals surface area contributed by atoms with Gasteiger partial charge in [-0.25, -0.2) is 9.97 Å². The van der Waals surface area contributed by atoms with E-state index in [0.29, 0.717) is 0 Å². The van der Waals surface area contributed by atoms with Gasteiger partial charge in [-0.2, -0.15) is 0 Å². The van der Waals surface area contributed by atoms with Gasteiger partial charge in [0, 0.05) is 55.0 Å². The van der Waals surface area contributed by atoms with Crippen molar-refractivity contribution in [3.63, 3.8) is 0 Å². The topological polar surface area (TPSA) is 73.2 Å². The number of pyridine rings is 1. The van der Waals surface area contributed by atoms with Crippen LogP contribution in [-0.2, 0) is 0 Å². The summed E-state index contributed by atoms with van der Waals surface area (Å²) >= 11 is 0. The second-order valence-corrected chi connectivity index (χ2v) is 23.2. The van der Waals surface area contributed by atoms with Crippen molar-refractivity contribution in [3.05, 3.63) is 292 Å². The fraction of sp³-hybridized carbons (Fsp3) is 0. The molecule has 0 atom stereocenters. The molecule has 0 bridgehead atoms. The third-order valence-corrected chi connectivity index (χ3v) is 18.7. The molecule has 12 aromatic carbocycles. The standard InChI is InChI=1S/C79H48N10/c1-2-23-49(24-3-1)85-69-45-44-57-56-31-10-19-40-66(56)89(73(57)71(69)72-70(85)43-22-46-80-72)79-77(87-62-36-15-6-27-52(62)53-28-7-16-37-63(53)87)75(84-48-82-59-33-12-21-42-68(59)84)74(83-47-81-58-32-11-20-41-67(58)83)76(86-60-34-13-4-25-50(60)51-26-5-14-35-61(51)86)78(79)88-64-38-17-8-29-54(64)55-30-9-18-39-65(55)88/h1-48H. The Balaban J connectivity index is 1.18. The van der Waals surface area contributed by atoms with Crippen LogP contribution < -0.4 is 0 Å². The van der Waals surface area contributed by atoms with Crippen LogP contribution in [0, 0.1) is 0 Å². The molecule has 0 aliphatic rings. The number of hydrogen-bond donors (Lipinski definition) is 0. The zero-order valence-corrected chi connectivity index (χ0v) is 47.7. The minimum atomic E-state index is 0.868. The summed E-state index contributed by atoms with van der Waals surface area (Å²) in [5.74, 6) is 0. The molecule has 20 aromatic rings. The molecule has 0 aliphatic heterocycles. The first-order valence-corrected chi connectivity index (χ1v) is 30.2. The number of fused-ring (bicyclic) bond motifs is 18. The monoisotopic (exact) mass is 1140 g/mol. The minimum absolute atomic E-state index is 0.868. The Kier molecular flexibility index (Phi) is 9.78. The van der Waals surface area contributed by atoms with Crippen LogP contribution in [0.25, 0.3) is 171 Å². The molecule has 414 valence electrons. The van der Waals surface area contributed by atoms with Crippen molar-refractivity contribution in [2.75, 3.05) is 0 Å². The van der Waals surface area contributed by atoms with Crippen molar-refractivity contribution in [2.24, 2.45) is 0 Å². The summed E-state index contributed by atoms with van der Waals surface area (Å²) in [5, 5.41) is 10.1. The molecule has 0 amide bonds. The summed E-state index contributed by atoms with van der Waals surface area (Å²) in [6.45, 7) is 0. The Hall–Kier alpha value is -12.3. The maximum atomic E-state index is 5.44. The molecule has 0 N–H and O–H groups in total. The number of hydrogen-bond acceptors (Lipinski definition) is 3. The summed E-state index contributed by atoms with van der Waals surface area (Å²) in [6.07, 6.45) is 6.03. The van der Waals surface area contributed by atoms with Crippen molar-refractivity contribution in [3.8, 4) is 39.8 Å². The lowest BCUT2D eigenvalue weighted by Gasteiger charge is -2.31. The average Bonchev–Trinajstić information content (AvgIpc) is 1.58. The highest BCUT2D eigenvalue weighted by Gasteiger charge is 2.37. The molecule has 0 spiro atoms. The zero-order chi connectivity index (χ0) is 58.0. The molecule has 8 heterocycles. The van der Waals surface area contributed by atoms with Crippen LogP contribution in [0.1, 0.15) is 0 Å². The van der Waals surface area contributed by atoms with Crippen molar-refractivity contribution < 1.29 is 0 Å². The van der Waals surface area contributed by atoms with E-state index in [0.717, 1.165) is 171 Å². The Morgan fingerprint density at radius 2 is 0.551 bits per heavy atom. The van der Waals surface area contributed by atoms with Crippen LogP contribution in [0.5, 0.6) is 0 Å². The van der Waals surface area contributed by atoms with Gasteiger partial charge in [-0.1, -0.05) is 176 Å². The fourth-order valence-corrected chi connectivity index (χ4v) is 15.2. The summed E-state index contributed by atoms with van der Waals surface area (Å²) < 4.78 is 17.4. The van der Waals surface area contributed by atoms with Crippen molar-refractivity contribution >= 4 is 131 Å². The molecule has 0 fully saturated rings. The van der Waals surface area contributed by atoms with Crippen LogP contribution in [0.3, 0.4) is 0 Å². The van der Waals surface area contributed by atoms with Crippen molar-refractivity contribution in [1.82, 2.24) is 46.9 Å². The Morgan fingerprint density at radius 1 is 0.213 bits per heavy atom. The molecule has 0 unspecified atom stereocenters. The van der Waals surface area contributed by atoms with E-state index in [4.69, 9.17) is 15.0 Å². The van der Waals surface area contributed by atoms with Gasteiger partial charge in [-0.3, -0.25) is 14.1 Å². The Morgan fingerprint density at radius 3 is 0.989 bits per heavy atom. The molecule has 0 saturated carbocycles. The number of rotatable bonds is 7. The van der Waals surface area contributed by atoms with Crippen LogP contribution in [0.15, 0.2) is 292 Å². The quantitative estimate of drug-likeness (QED) is 0.160. The van der Waals surface area contributed by atoms with E-state index >= 15 is 0 Å². The van der Waals surface area contributed by atoms with Crippen LogP contribution in [-0.4, -0.2) is 46.9 Å². The third-order valence-electron chi connectivity index (χ3n) is 18.7. The van der Waals surface area contributed by atoms with Gasteiger partial charge in [0.05, 0.1) is 122 Å². The highest BCUT2D eigenvalue weighted by Crippen LogP contribution is 2.53. The largest absolute Gasteiger partial charge is 0.308 e. The molecular formula is C79H48N10. The lowest BCUT2D eigenvalue weighted by atomic mass is 10.0. The maximum Gasteiger partial charge on any atom is 0.101 e. The second-order valence-electron chi connectivity index (χ2n) is 23.2. The summed E-state index contributed by atoms with van der Waals surface area (Å²) in [7, 11) is 0. The first-order valence-electron chi connectivity index (χ1n) is 30.2. The van der Waals surface area contributed by atoms with Crippen LogP contribution >= 0.6 is 0 Å². The van der Waals surface area contributed by atoms with Gasteiger partial charge >= 0.3 is 0 Å². The van der Waals surface area contributed by atoms with Gasteiger partial charge in [0.25, 0.3) is 0 Å². The smallest absolute Gasteiger partial charge is 0.101 e. The minimum Gasteiger partial charge on any atom is -0.308 e. The molecule has 0 saturated heterocycles. The van der Waals surface area contributed by atoms with Gasteiger partial charge in [0.2, 0.25) is 0 Å². The van der Waals surface area contributed by atoms with E-state index in [-0.39, 0.29) is 0 Å². The van der Waals surface area contributed by atoms with E-state index in [1.165, 1.54) is 0 Å². The third kappa shape index (κ3) is 6.45. The van der Waals surface area contributed by atoms with Crippen LogP contribution in [0.4, 0.5) is 0 Å². The Labute approximate surface area is 507 Å². The van der Waals surface area contributed by atoms with E-state index in [9.17, 15) is 0 Å². The van der Waals surface area contributed by atoms with Crippen LogP contribution in [0.2, 0.25) is 0 Å². The molecule has 10 nitrogen and oxygen atoms in total. The molecule has 0 radical (unpaired) electrons. The van der Waals surface area contributed by atoms with E-state index in [2.05, 4.69) is 305 Å². The van der Waals surface area contributed by atoms with Gasteiger partial charge in [-0.05, 0) is 97.1 Å². The van der Waals surface area contributed by atoms with Gasteiger partial charge in [0.1, 0.15) is 12.7 Å². The number of aromatic nitrogens is 10. The molecule has 89 heavy (non-hydrogen) atoms. The zero-order valence-electron chi connectivity index (χ0n) is 47.7. The van der Waals surface area contributed by atoms with Gasteiger partial charge in [-0.15, -0.1) is 0 Å². The average molecular weight is 1140 g/mol. The summed E-state index contributed by atoms with van der Waals surface area (Å²) in [5.41, 5.74) is 21.6. The summed E-state index contributed by atoms with van der Waals surface area (Å²) in [6, 6.07) is 99.4. The van der Waals surface area contributed by atoms with E-state index in [1.54, 1.807) is 0 Å².